The molecule has 4 rings (SSSR count). The Hall–Kier alpha value is -2.49. The second kappa shape index (κ2) is 25.7. The number of nitrogens with two attached hydrogens (primary N) is 3. The van der Waals surface area contributed by atoms with E-state index in [1.54, 1.807) is 24.3 Å². The Morgan fingerprint density at radius 1 is 0.800 bits per heavy atom. The van der Waals surface area contributed by atoms with Crippen molar-refractivity contribution in [3.8, 4) is 0 Å². The van der Waals surface area contributed by atoms with E-state index in [2.05, 4.69) is 35.3 Å². The van der Waals surface area contributed by atoms with Crippen LogP contribution in [0.3, 0.4) is 0 Å². The fraction of sp³-hybridized carbons (Fsp3) is 0.172. The summed E-state index contributed by atoms with van der Waals surface area (Å²) in [4.78, 5) is 31.0. The van der Waals surface area contributed by atoms with Crippen LogP contribution in [0.2, 0.25) is 0 Å². The molecule has 0 amide bonds. The monoisotopic (exact) mass is 665 g/mol. The maximum Gasteiger partial charge on any atom is 1.00 e. The number of esters is 1. The molecule has 226 valence electrons. The molecular formula is C29H33K2N9O5. The Morgan fingerprint density at radius 2 is 1.29 bits per heavy atom. The van der Waals surface area contributed by atoms with Crippen LogP contribution in [0.4, 0.5) is 40.2 Å². The molecule has 16 heteroatoms. The first-order valence-corrected chi connectivity index (χ1v) is 12.9. The van der Waals surface area contributed by atoms with E-state index < -0.39 is 0 Å². The first-order valence-electron chi connectivity index (χ1n) is 12.9. The number of ether oxygens (including phenoxy) is 1. The van der Waals surface area contributed by atoms with Crippen LogP contribution in [-0.2, 0) is 25.6 Å². The first-order chi connectivity index (χ1) is 20.9. The largest absolute Gasteiger partial charge is 1.00 e. The van der Waals surface area contributed by atoms with Crippen molar-refractivity contribution in [2.45, 2.75) is 26.2 Å². The number of aromatic nitrogens is 2. The molecule has 6 N–H and O–H groups in total. The number of pyridine rings is 2. The van der Waals surface area contributed by atoms with Crippen molar-refractivity contribution >= 4 is 52.6 Å². The van der Waals surface area contributed by atoms with Crippen LogP contribution in [0.1, 0.15) is 26.9 Å². The fourth-order valence-corrected chi connectivity index (χ4v) is 3.00. The smallest absolute Gasteiger partial charge is 1.00 e. The Morgan fingerprint density at radius 3 is 1.73 bits per heavy atom. The first kappa shape index (κ1) is 42.5. The molecule has 0 atom stereocenters. The van der Waals surface area contributed by atoms with E-state index in [4.69, 9.17) is 32.0 Å². The summed E-state index contributed by atoms with van der Waals surface area (Å²) < 4.78 is 5.10. The number of anilines is 3. The summed E-state index contributed by atoms with van der Waals surface area (Å²) in [5, 5.41) is 24.6. The zero-order chi connectivity index (χ0) is 31.3. The summed E-state index contributed by atoms with van der Waals surface area (Å²) in [7, 11) is 0. The Kier molecular flexibility index (Phi) is 24.3. The van der Waals surface area contributed by atoms with Crippen molar-refractivity contribution in [1.82, 2.24) is 9.97 Å². The minimum Gasteiger partial charge on any atom is -1.00 e. The van der Waals surface area contributed by atoms with Gasteiger partial charge in [-0.25, -0.2) is 9.97 Å². The predicted octanol–water partition coefficient (Wildman–Crippen LogP) is -0.818. The number of carbonyl (C=O) groups excluding carboxylic acids is 2. The Labute approximate surface area is 347 Å². The topological polar surface area (TPSA) is 229 Å². The van der Waals surface area contributed by atoms with Crippen LogP contribution < -0.4 is 125 Å². The van der Waals surface area contributed by atoms with Gasteiger partial charge in [0.2, 0.25) is 0 Å². The molecule has 0 radical (unpaired) electrons. The van der Waals surface area contributed by atoms with Gasteiger partial charge in [-0.2, -0.15) is 10.2 Å². The molecule has 0 aliphatic heterocycles. The zero-order valence-electron chi connectivity index (χ0n) is 26.4. The Balaban J connectivity index is 0. The molecular weight excluding hydrogens is 633 g/mol. The molecule has 0 unspecified atom stereocenters. The predicted molar refractivity (Wildman–Crippen MR) is 161 cm³/mol. The normalized spacial score (nSPS) is 9.82. The van der Waals surface area contributed by atoms with Gasteiger partial charge in [0.05, 0.1) is 30.1 Å². The number of azo groups is 2. The van der Waals surface area contributed by atoms with E-state index in [0.29, 0.717) is 29.5 Å². The average Bonchev–Trinajstić information content (AvgIpc) is 3.02. The van der Waals surface area contributed by atoms with Crippen molar-refractivity contribution < 1.29 is 129 Å². The molecule has 4 aromatic rings. The number of unbranched alkanes of at least 4 members (excludes halogenated alkanes) is 1. The third-order valence-electron chi connectivity index (χ3n) is 5.07. The van der Waals surface area contributed by atoms with Crippen LogP contribution >= 0.6 is 0 Å². The molecule has 0 bridgehead atoms. The number of benzene rings is 2. The van der Waals surface area contributed by atoms with Gasteiger partial charge >= 0.3 is 109 Å². The molecule has 45 heavy (non-hydrogen) atoms. The molecule has 0 aliphatic rings. The summed E-state index contributed by atoms with van der Waals surface area (Å²) in [6.07, 6.45) is 1.95. The molecule has 2 aromatic heterocycles. The van der Waals surface area contributed by atoms with Crippen LogP contribution in [0, 0.1) is 0 Å². The minimum atomic E-state index is -0.302. The standard InChI is InChI=1S/C17H20N4O2.C11H11N5.CH2O3.2K.H/c1-2-3-11-23-16(22)12-14-9-10-15(17(18)19-14)21-20-13-7-5-4-6-8-13;12-10-7-6-9(11(13)14-10)16-15-8-4-2-1-3-5-8;2-1-4-3;;;/h4-10H,2-3,11-12H2,1H3,(H2,18,19);1-7H,(H4,12,13,14);1,3H;;;/q;;;2*+1;-1/p-1. The van der Waals surface area contributed by atoms with Gasteiger partial charge in [0, 0.05) is 0 Å². The molecule has 0 spiro atoms. The van der Waals surface area contributed by atoms with E-state index in [9.17, 15) is 4.79 Å². The van der Waals surface area contributed by atoms with Gasteiger partial charge in [0.15, 0.2) is 11.6 Å². The number of hydrogen-bond acceptors (Lipinski definition) is 14. The minimum absolute atomic E-state index is 0. The Bertz CT molecular complexity index is 1490. The fourth-order valence-electron chi connectivity index (χ4n) is 3.00. The summed E-state index contributed by atoms with van der Waals surface area (Å²) in [5.41, 5.74) is 20.0. The van der Waals surface area contributed by atoms with Crippen LogP contribution in [0.25, 0.3) is 0 Å². The molecule has 2 aromatic carbocycles. The van der Waals surface area contributed by atoms with Gasteiger partial charge in [-0.3, -0.25) is 9.59 Å². The summed E-state index contributed by atoms with van der Waals surface area (Å²) in [5.74, 6) is 0.586. The molecule has 2 heterocycles. The van der Waals surface area contributed by atoms with Crippen molar-refractivity contribution in [2.24, 2.45) is 20.5 Å². The van der Waals surface area contributed by atoms with Crippen LogP contribution in [0.15, 0.2) is 105 Å². The molecule has 0 fully saturated rings. The number of carbonyl (C=O) groups is 2. The second-order valence-electron chi connectivity index (χ2n) is 8.36. The average molecular weight is 666 g/mol. The van der Waals surface area contributed by atoms with Gasteiger partial charge < -0.3 is 33.5 Å². The van der Waals surface area contributed by atoms with E-state index in [1.165, 1.54) is 0 Å². The molecule has 14 nitrogen and oxygen atoms in total. The van der Waals surface area contributed by atoms with Crippen molar-refractivity contribution in [2.75, 3.05) is 23.8 Å². The number of hydrogen-bond donors (Lipinski definition) is 3. The van der Waals surface area contributed by atoms with Gasteiger partial charge in [-0.15, -0.1) is 10.2 Å². The zero-order valence-corrected chi connectivity index (χ0v) is 31.7. The second-order valence-corrected chi connectivity index (χ2v) is 8.36. The van der Waals surface area contributed by atoms with Gasteiger partial charge in [0.25, 0.3) is 6.47 Å². The molecule has 0 aliphatic carbocycles. The number of nitrogens with zero attached hydrogens (tertiary/aromatic N) is 6. The van der Waals surface area contributed by atoms with E-state index in [0.717, 1.165) is 24.2 Å². The molecule has 0 saturated carbocycles. The third-order valence-corrected chi connectivity index (χ3v) is 5.07. The van der Waals surface area contributed by atoms with Crippen molar-refractivity contribution in [3.05, 3.63) is 90.6 Å². The summed E-state index contributed by atoms with van der Waals surface area (Å²) >= 11 is 0. The maximum atomic E-state index is 11.6. The van der Waals surface area contributed by atoms with Crippen LogP contribution in [-0.4, -0.2) is 29.0 Å². The van der Waals surface area contributed by atoms with Crippen molar-refractivity contribution in [3.63, 3.8) is 0 Å². The maximum absolute atomic E-state index is 11.6. The van der Waals surface area contributed by atoms with Gasteiger partial charge in [-0.05, 0) is 55.0 Å². The SMILES string of the molecule is CCCCOC(=O)Cc1ccc(N=Nc2ccccc2)c(N)n1.Nc1ccc(N=Nc2ccccc2)c(N)n1.O=CO[O-].[H-].[K+].[K+]. The van der Waals surface area contributed by atoms with E-state index in [-0.39, 0.29) is 135 Å². The summed E-state index contributed by atoms with van der Waals surface area (Å²) in [6, 6.07) is 25.5. The summed E-state index contributed by atoms with van der Waals surface area (Å²) in [6.45, 7) is 2.30. The molecule has 0 saturated heterocycles. The van der Waals surface area contributed by atoms with Gasteiger partial charge in [-0.1, -0.05) is 49.7 Å². The quantitative estimate of drug-likeness (QED) is 0.0362. The van der Waals surface area contributed by atoms with Crippen molar-refractivity contribution in [1.29, 1.82) is 0 Å². The van der Waals surface area contributed by atoms with Gasteiger partial charge in [0.1, 0.15) is 17.2 Å². The number of nitrogen functional groups attached to an aromatic ring is 3. The number of rotatable bonds is 10. The van der Waals surface area contributed by atoms with E-state index in [1.807, 2.05) is 67.6 Å². The van der Waals surface area contributed by atoms with E-state index >= 15 is 0 Å². The third kappa shape index (κ3) is 18.3. The van der Waals surface area contributed by atoms with Crippen LogP contribution in [0.5, 0.6) is 0 Å².